The maximum atomic E-state index is 4.54. The molecule has 3 rings (SSSR count). The van der Waals surface area contributed by atoms with Crippen LogP contribution in [0.4, 0.5) is 5.69 Å². The number of fused-ring (bicyclic) bond motifs is 1. The monoisotopic (exact) mass is 307 g/mol. The van der Waals surface area contributed by atoms with E-state index in [0.717, 1.165) is 20.6 Å². The molecule has 3 nitrogen and oxygen atoms in total. The van der Waals surface area contributed by atoms with Gasteiger partial charge in [0.2, 0.25) is 0 Å². The summed E-state index contributed by atoms with van der Waals surface area (Å²) in [6, 6.07) is 6.54. The normalized spacial score (nSPS) is 12.7. The van der Waals surface area contributed by atoms with Gasteiger partial charge in [-0.05, 0) is 31.4 Å². The first kappa shape index (κ1) is 12.9. The molecule has 6 heteroatoms. The Balaban J connectivity index is 1.85. The molecule has 1 unspecified atom stereocenters. The smallest absolute Gasteiger partial charge is 0.150 e. The van der Waals surface area contributed by atoms with Gasteiger partial charge in [0, 0.05) is 17.3 Å². The zero-order chi connectivity index (χ0) is 13.2. The molecular weight excluding hydrogens is 294 g/mol. The molecule has 0 amide bonds. The molecule has 0 spiro atoms. The molecule has 0 radical (unpaired) electrons. The van der Waals surface area contributed by atoms with Crippen molar-refractivity contribution < 1.29 is 0 Å². The highest BCUT2D eigenvalue weighted by Crippen LogP contribution is 2.31. The Morgan fingerprint density at radius 3 is 3.00 bits per heavy atom. The van der Waals surface area contributed by atoms with Gasteiger partial charge < -0.3 is 5.32 Å². The van der Waals surface area contributed by atoms with E-state index in [1.807, 2.05) is 11.6 Å². The van der Waals surface area contributed by atoms with Crippen LogP contribution in [0, 0.1) is 0 Å². The summed E-state index contributed by atoms with van der Waals surface area (Å²) in [5.41, 5.74) is 2.19. The van der Waals surface area contributed by atoms with Crippen LogP contribution in [0.5, 0.6) is 0 Å². The Morgan fingerprint density at radius 2 is 2.26 bits per heavy atom. The molecular formula is C13H13N3S3. The minimum absolute atomic E-state index is 0.227. The molecule has 0 fully saturated rings. The van der Waals surface area contributed by atoms with Gasteiger partial charge in [0.1, 0.15) is 5.01 Å². The van der Waals surface area contributed by atoms with Gasteiger partial charge in [-0.1, -0.05) is 11.8 Å². The molecule has 0 aliphatic heterocycles. The highest BCUT2D eigenvalue weighted by Gasteiger charge is 2.09. The van der Waals surface area contributed by atoms with Gasteiger partial charge in [-0.3, -0.25) is 0 Å². The molecule has 1 N–H and O–H groups in total. The molecule has 0 aliphatic rings. The van der Waals surface area contributed by atoms with E-state index < -0.39 is 0 Å². The van der Waals surface area contributed by atoms with Crippen molar-refractivity contribution in [3.05, 3.63) is 34.8 Å². The van der Waals surface area contributed by atoms with Crippen LogP contribution in [-0.4, -0.2) is 16.2 Å². The summed E-state index contributed by atoms with van der Waals surface area (Å²) < 4.78 is 2.33. The first-order valence-electron chi connectivity index (χ1n) is 5.87. The fourth-order valence-electron chi connectivity index (χ4n) is 1.84. The lowest BCUT2D eigenvalue weighted by Gasteiger charge is -2.12. The number of benzene rings is 1. The van der Waals surface area contributed by atoms with E-state index in [2.05, 4.69) is 46.7 Å². The van der Waals surface area contributed by atoms with Gasteiger partial charge in [-0.25, -0.2) is 9.97 Å². The van der Waals surface area contributed by atoms with Gasteiger partial charge in [0.25, 0.3) is 0 Å². The summed E-state index contributed by atoms with van der Waals surface area (Å²) in [5.74, 6) is 0. The average molecular weight is 307 g/mol. The molecule has 0 aliphatic carbocycles. The van der Waals surface area contributed by atoms with E-state index in [9.17, 15) is 0 Å². The summed E-state index contributed by atoms with van der Waals surface area (Å²) in [5, 5.41) is 6.59. The number of hydrogen-bond acceptors (Lipinski definition) is 6. The van der Waals surface area contributed by atoms with Crippen LogP contribution in [-0.2, 0) is 0 Å². The molecule has 19 heavy (non-hydrogen) atoms. The summed E-state index contributed by atoms with van der Waals surface area (Å²) in [4.78, 5) is 8.88. The van der Waals surface area contributed by atoms with Crippen molar-refractivity contribution in [2.24, 2.45) is 0 Å². The van der Waals surface area contributed by atoms with E-state index in [4.69, 9.17) is 0 Å². The lowest BCUT2D eigenvalue weighted by molar-refractivity contribution is 0.870. The van der Waals surface area contributed by atoms with Crippen LogP contribution < -0.4 is 5.32 Å². The fourth-order valence-corrected chi connectivity index (χ4v) is 4.02. The number of nitrogens with zero attached hydrogens (tertiary/aromatic N) is 2. The Labute approximate surface area is 124 Å². The fraction of sp³-hybridized carbons (Fsp3) is 0.231. The maximum Gasteiger partial charge on any atom is 0.150 e. The zero-order valence-corrected chi connectivity index (χ0v) is 13.0. The van der Waals surface area contributed by atoms with Crippen molar-refractivity contribution in [2.75, 3.05) is 11.6 Å². The quantitative estimate of drug-likeness (QED) is 0.712. The lowest BCUT2D eigenvalue weighted by Crippen LogP contribution is -2.05. The molecule has 3 aromatic rings. The van der Waals surface area contributed by atoms with Gasteiger partial charge in [-0.15, -0.1) is 22.7 Å². The standard InChI is InChI=1S/C13H13N3S3/c1-8(12-14-5-6-18-12)15-9-3-4-10-11(7-9)19-13(16-10)17-2/h3-8,15H,1-2H3. The number of hydrogen-bond donors (Lipinski definition) is 1. The van der Waals surface area contributed by atoms with Crippen molar-refractivity contribution in [2.45, 2.75) is 17.3 Å². The third kappa shape index (κ3) is 2.75. The van der Waals surface area contributed by atoms with Gasteiger partial charge in [0.05, 0.1) is 16.3 Å². The molecule has 2 heterocycles. The summed E-state index contributed by atoms with van der Waals surface area (Å²) in [7, 11) is 0. The zero-order valence-electron chi connectivity index (χ0n) is 10.6. The van der Waals surface area contributed by atoms with E-state index in [-0.39, 0.29) is 6.04 Å². The Kier molecular flexibility index (Phi) is 3.72. The molecule has 0 saturated heterocycles. The first-order chi connectivity index (χ1) is 9.26. The van der Waals surface area contributed by atoms with Gasteiger partial charge in [-0.2, -0.15) is 0 Å². The van der Waals surface area contributed by atoms with Crippen molar-refractivity contribution in [3.63, 3.8) is 0 Å². The Bertz CT molecular complexity index is 676. The van der Waals surface area contributed by atoms with Crippen LogP contribution >= 0.6 is 34.4 Å². The third-order valence-electron chi connectivity index (χ3n) is 2.75. The molecule has 0 bridgehead atoms. The van der Waals surface area contributed by atoms with Crippen LogP contribution in [0.2, 0.25) is 0 Å². The van der Waals surface area contributed by atoms with Crippen LogP contribution in [0.25, 0.3) is 10.2 Å². The second-order valence-electron chi connectivity index (χ2n) is 4.10. The largest absolute Gasteiger partial charge is 0.376 e. The molecule has 1 aromatic carbocycles. The van der Waals surface area contributed by atoms with Crippen molar-refractivity contribution in [1.82, 2.24) is 9.97 Å². The van der Waals surface area contributed by atoms with E-state index in [1.165, 1.54) is 4.70 Å². The van der Waals surface area contributed by atoms with Crippen molar-refractivity contribution in [1.29, 1.82) is 0 Å². The van der Waals surface area contributed by atoms with E-state index in [1.54, 1.807) is 34.4 Å². The third-order valence-corrected chi connectivity index (χ3v) is 5.71. The molecule has 0 saturated carbocycles. The lowest BCUT2D eigenvalue weighted by atomic mass is 10.2. The predicted octanol–water partition coefficient (Wildman–Crippen LogP) is 4.65. The van der Waals surface area contributed by atoms with Crippen LogP contribution in [0.1, 0.15) is 18.0 Å². The second-order valence-corrected chi connectivity index (χ2v) is 7.11. The Morgan fingerprint density at radius 1 is 1.37 bits per heavy atom. The predicted molar refractivity (Wildman–Crippen MR) is 85.6 cm³/mol. The number of aromatic nitrogens is 2. The van der Waals surface area contributed by atoms with E-state index in [0.29, 0.717) is 0 Å². The number of thioether (sulfide) groups is 1. The maximum absolute atomic E-state index is 4.54. The summed E-state index contributed by atoms with van der Waals surface area (Å²) >= 11 is 5.10. The molecule has 2 aromatic heterocycles. The van der Waals surface area contributed by atoms with E-state index >= 15 is 0 Å². The highest BCUT2D eigenvalue weighted by atomic mass is 32.2. The SMILES string of the molecule is CSc1nc2ccc(NC(C)c3nccs3)cc2s1. The summed E-state index contributed by atoms with van der Waals surface area (Å²) in [6.07, 6.45) is 3.90. The van der Waals surface area contributed by atoms with Crippen molar-refractivity contribution >= 4 is 50.3 Å². The number of anilines is 1. The first-order valence-corrected chi connectivity index (χ1v) is 8.79. The minimum Gasteiger partial charge on any atom is -0.376 e. The van der Waals surface area contributed by atoms with Crippen LogP contribution in [0.15, 0.2) is 34.1 Å². The van der Waals surface area contributed by atoms with Crippen molar-refractivity contribution in [3.8, 4) is 0 Å². The molecule has 1 atom stereocenters. The number of thiazole rings is 2. The number of nitrogens with one attached hydrogen (secondary N) is 1. The Hall–Kier alpha value is -1.11. The second kappa shape index (κ2) is 5.48. The van der Waals surface area contributed by atoms with Gasteiger partial charge in [0.15, 0.2) is 4.34 Å². The highest BCUT2D eigenvalue weighted by molar-refractivity contribution is 8.00. The average Bonchev–Trinajstić information content (AvgIpc) is 3.07. The van der Waals surface area contributed by atoms with Crippen LogP contribution in [0.3, 0.4) is 0 Å². The topological polar surface area (TPSA) is 37.8 Å². The summed E-state index contributed by atoms with van der Waals surface area (Å²) in [6.45, 7) is 2.13. The minimum atomic E-state index is 0.227. The number of rotatable bonds is 4. The molecule has 98 valence electrons. The van der Waals surface area contributed by atoms with Gasteiger partial charge >= 0.3 is 0 Å².